The zero-order chi connectivity index (χ0) is 15.0. The molecular formula is C14H15N7. The third-order valence-corrected chi connectivity index (χ3v) is 3.13. The highest BCUT2D eigenvalue weighted by atomic mass is 15.3. The van der Waals surface area contributed by atoms with Gasteiger partial charge < -0.3 is 10.3 Å². The maximum Gasteiger partial charge on any atom is 0.164 e. The summed E-state index contributed by atoms with van der Waals surface area (Å²) in [6.45, 7) is 4.06. The zero-order valence-electron chi connectivity index (χ0n) is 12.1. The Hall–Kier alpha value is -2.88. The van der Waals surface area contributed by atoms with Crippen molar-refractivity contribution >= 4 is 16.9 Å². The minimum Gasteiger partial charge on any atom is -0.383 e. The quantitative estimate of drug-likeness (QED) is 0.675. The van der Waals surface area contributed by atoms with Crippen LogP contribution < -0.4 is 5.73 Å². The van der Waals surface area contributed by atoms with Crippen molar-refractivity contribution in [2.45, 2.75) is 19.9 Å². The molecule has 0 radical (unpaired) electrons. The van der Waals surface area contributed by atoms with Crippen molar-refractivity contribution in [1.82, 2.24) is 29.3 Å². The van der Waals surface area contributed by atoms with Gasteiger partial charge in [-0.25, -0.2) is 19.6 Å². The molecule has 0 bridgehead atoms. The topological polar surface area (TPSA) is 87.4 Å². The first-order valence-electron chi connectivity index (χ1n) is 6.55. The second-order valence-electron chi connectivity index (χ2n) is 4.98. The highest BCUT2D eigenvalue weighted by Crippen LogP contribution is 2.23. The van der Waals surface area contributed by atoms with Gasteiger partial charge in [0.15, 0.2) is 5.65 Å². The van der Waals surface area contributed by atoms with Crippen LogP contribution in [-0.4, -0.2) is 29.3 Å². The van der Waals surface area contributed by atoms with Gasteiger partial charge in [-0.05, 0) is 25.7 Å². The van der Waals surface area contributed by atoms with E-state index >= 15 is 0 Å². The summed E-state index contributed by atoms with van der Waals surface area (Å²) in [5.74, 6) is 6.48. The summed E-state index contributed by atoms with van der Waals surface area (Å²) in [7, 11) is 1.89. The van der Waals surface area contributed by atoms with E-state index in [4.69, 9.17) is 5.73 Å². The first-order valence-corrected chi connectivity index (χ1v) is 6.55. The number of anilines is 1. The number of aryl methyl sites for hydroxylation is 1. The first-order chi connectivity index (χ1) is 10.1. The Morgan fingerprint density at radius 3 is 2.71 bits per heavy atom. The summed E-state index contributed by atoms with van der Waals surface area (Å²) in [4.78, 5) is 12.3. The van der Waals surface area contributed by atoms with Gasteiger partial charge in [0.25, 0.3) is 0 Å². The predicted molar refractivity (Wildman–Crippen MR) is 79.3 cm³/mol. The van der Waals surface area contributed by atoms with Crippen molar-refractivity contribution in [3.05, 3.63) is 30.2 Å². The number of nitrogens with zero attached hydrogens (tertiary/aromatic N) is 6. The number of imidazole rings is 1. The highest BCUT2D eigenvalue weighted by molar-refractivity contribution is 5.90. The van der Waals surface area contributed by atoms with Crippen molar-refractivity contribution in [2.75, 3.05) is 5.73 Å². The average molecular weight is 281 g/mol. The van der Waals surface area contributed by atoms with Crippen LogP contribution in [0.1, 0.15) is 31.3 Å². The molecule has 0 spiro atoms. The summed E-state index contributed by atoms with van der Waals surface area (Å²) in [5.41, 5.74) is 8.05. The minimum atomic E-state index is 0.161. The van der Waals surface area contributed by atoms with E-state index in [-0.39, 0.29) is 6.04 Å². The Bertz CT molecular complexity index is 860. The van der Waals surface area contributed by atoms with Crippen LogP contribution in [0.3, 0.4) is 0 Å². The van der Waals surface area contributed by atoms with Crippen LogP contribution in [0.4, 0.5) is 5.82 Å². The van der Waals surface area contributed by atoms with E-state index in [1.54, 1.807) is 17.2 Å². The molecule has 0 unspecified atom stereocenters. The molecule has 0 aliphatic rings. The minimum absolute atomic E-state index is 0.161. The number of rotatable bonds is 1. The fourth-order valence-corrected chi connectivity index (χ4v) is 2.04. The summed E-state index contributed by atoms with van der Waals surface area (Å²) in [5, 5.41) is 5.20. The number of fused-ring (bicyclic) bond motifs is 1. The standard InChI is InChI=1S/C14H15N7/c1-9(2)21-14-12(13(15)17-7-18-14)11(19-21)5-4-10-6-16-8-20(10)3/h6-9H,1-3H3,(H2,15,17,18). The average Bonchev–Trinajstić information content (AvgIpc) is 3.01. The van der Waals surface area contributed by atoms with E-state index in [1.165, 1.54) is 6.33 Å². The van der Waals surface area contributed by atoms with E-state index < -0.39 is 0 Å². The Morgan fingerprint density at radius 1 is 1.24 bits per heavy atom. The number of nitrogens with two attached hydrogens (primary N) is 1. The van der Waals surface area contributed by atoms with Gasteiger partial charge in [0.1, 0.15) is 23.5 Å². The van der Waals surface area contributed by atoms with Crippen LogP contribution in [0, 0.1) is 11.8 Å². The van der Waals surface area contributed by atoms with E-state index in [2.05, 4.69) is 31.9 Å². The molecule has 0 saturated carbocycles. The van der Waals surface area contributed by atoms with Crippen LogP contribution in [-0.2, 0) is 7.05 Å². The lowest BCUT2D eigenvalue weighted by Gasteiger charge is -2.05. The lowest BCUT2D eigenvalue weighted by Crippen LogP contribution is -2.04. The van der Waals surface area contributed by atoms with Gasteiger partial charge >= 0.3 is 0 Å². The van der Waals surface area contributed by atoms with Gasteiger partial charge in [-0.2, -0.15) is 5.10 Å². The molecule has 2 N–H and O–H groups in total. The molecule has 7 nitrogen and oxygen atoms in total. The number of hydrogen-bond donors (Lipinski definition) is 1. The normalized spacial score (nSPS) is 10.9. The van der Waals surface area contributed by atoms with E-state index in [0.717, 1.165) is 5.69 Å². The van der Waals surface area contributed by atoms with Gasteiger partial charge in [0.2, 0.25) is 0 Å². The molecule has 21 heavy (non-hydrogen) atoms. The molecule has 0 aromatic carbocycles. The van der Waals surface area contributed by atoms with Crippen LogP contribution in [0.15, 0.2) is 18.9 Å². The Morgan fingerprint density at radius 2 is 2.05 bits per heavy atom. The van der Waals surface area contributed by atoms with Crippen molar-refractivity contribution in [3.63, 3.8) is 0 Å². The van der Waals surface area contributed by atoms with Crippen molar-refractivity contribution < 1.29 is 0 Å². The molecule has 7 heteroatoms. The third-order valence-electron chi connectivity index (χ3n) is 3.13. The van der Waals surface area contributed by atoms with E-state index in [1.807, 2.05) is 25.5 Å². The van der Waals surface area contributed by atoms with Crippen LogP contribution in [0.5, 0.6) is 0 Å². The third kappa shape index (κ3) is 2.21. The SMILES string of the molecule is CC(C)n1nc(C#Cc2cncn2C)c2c(N)ncnc21. The molecule has 3 rings (SSSR count). The molecule has 0 atom stereocenters. The summed E-state index contributed by atoms with van der Waals surface area (Å²) in [6.07, 6.45) is 4.84. The zero-order valence-corrected chi connectivity index (χ0v) is 12.1. The van der Waals surface area contributed by atoms with Crippen LogP contribution >= 0.6 is 0 Å². The fraction of sp³-hybridized carbons (Fsp3) is 0.286. The van der Waals surface area contributed by atoms with Gasteiger partial charge in [0.05, 0.1) is 17.9 Å². The van der Waals surface area contributed by atoms with Crippen molar-refractivity contribution in [2.24, 2.45) is 7.05 Å². The Labute approximate surface area is 121 Å². The monoisotopic (exact) mass is 281 g/mol. The summed E-state index contributed by atoms with van der Waals surface area (Å²) < 4.78 is 3.65. The van der Waals surface area contributed by atoms with Gasteiger partial charge in [-0.3, -0.25) is 0 Å². The van der Waals surface area contributed by atoms with Gasteiger partial charge in [-0.15, -0.1) is 0 Å². The fourth-order valence-electron chi connectivity index (χ4n) is 2.04. The van der Waals surface area contributed by atoms with E-state index in [9.17, 15) is 0 Å². The molecule has 3 heterocycles. The largest absolute Gasteiger partial charge is 0.383 e. The smallest absolute Gasteiger partial charge is 0.164 e. The molecule has 0 aliphatic heterocycles. The number of hydrogen-bond acceptors (Lipinski definition) is 5. The number of aromatic nitrogens is 6. The molecule has 0 amide bonds. The molecule has 106 valence electrons. The van der Waals surface area contributed by atoms with Gasteiger partial charge in [0, 0.05) is 13.1 Å². The molecule has 3 aromatic rings. The van der Waals surface area contributed by atoms with Crippen molar-refractivity contribution in [1.29, 1.82) is 0 Å². The first kappa shape index (κ1) is 13.1. The molecule has 0 fully saturated rings. The Balaban J connectivity index is 2.20. The molecule has 0 saturated heterocycles. The lowest BCUT2D eigenvalue weighted by molar-refractivity contribution is 0.545. The number of nitrogen functional groups attached to an aromatic ring is 1. The molecule has 0 aliphatic carbocycles. The second kappa shape index (κ2) is 4.90. The summed E-state index contributed by atoms with van der Waals surface area (Å²) in [6, 6.07) is 0.161. The maximum absolute atomic E-state index is 5.96. The Kier molecular flexibility index (Phi) is 3.06. The summed E-state index contributed by atoms with van der Waals surface area (Å²) >= 11 is 0. The molecule has 3 aromatic heterocycles. The van der Waals surface area contributed by atoms with E-state index in [0.29, 0.717) is 22.5 Å². The van der Waals surface area contributed by atoms with Crippen LogP contribution in [0.2, 0.25) is 0 Å². The second-order valence-corrected chi connectivity index (χ2v) is 4.98. The van der Waals surface area contributed by atoms with Crippen molar-refractivity contribution in [3.8, 4) is 11.8 Å². The lowest BCUT2D eigenvalue weighted by atomic mass is 10.2. The van der Waals surface area contributed by atoms with Gasteiger partial charge in [-0.1, -0.05) is 0 Å². The maximum atomic E-state index is 5.96. The molecular weight excluding hydrogens is 266 g/mol. The van der Waals surface area contributed by atoms with Crippen LogP contribution in [0.25, 0.3) is 11.0 Å². The predicted octanol–water partition coefficient (Wildman–Crippen LogP) is 1.12. The highest BCUT2D eigenvalue weighted by Gasteiger charge is 2.15.